The summed E-state index contributed by atoms with van der Waals surface area (Å²) in [7, 11) is 1.99. The number of aryl methyl sites for hydroxylation is 2. The Morgan fingerprint density at radius 1 is 1.47 bits per heavy atom. The first-order chi connectivity index (χ1) is 8.06. The van der Waals surface area contributed by atoms with Crippen LogP contribution in [0.15, 0.2) is 6.07 Å². The second kappa shape index (κ2) is 7.02. The molecule has 1 unspecified atom stereocenters. The quantitative estimate of drug-likeness (QED) is 0.762. The number of hydrogen-bond donors (Lipinski definition) is 1. The van der Waals surface area contributed by atoms with Crippen molar-refractivity contribution in [3.63, 3.8) is 0 Å². The molecular weight excluding hydrogens is 234 g/mol. The Morgan fingerprint density at radius 3 is 2.65 bits per heavy atom. The molecule has 1 N–H and O–H groups in total. The lowest BCUT2D eigenvalue weighted by molar-refractivity contribution is 0.438. The summed E-state index contributed by atoms with van der Waals surface area (Å²) in [4.78, 5) is 0. The molecule has 0 fully saturated rings. The molecule has 1 aromatic rings. The van der Waals surface area contributed by atoms with Gasteiger partial charge in [0.05, 0.1) is 11.4 Å². The van der Waals surface area contributed by atoms with Crippen molar-refractivity contribution in [3.05, 3.63) is 17.5 Å². The van der Waals surface area contributed by atoms with Crippen LogP contribution in [0.25, 0.3) is 0 Å². The number of rotatable bonds is 7. The second-order valence-corrected chi connectivity index (χ2v) is 5.27. The van der Waals surface area contributed by atoms with Crippen LogP contribution in [-0.4, -0.2) is 21.7 Å². The van der Waals surface area contributed by atoms with Crippen molar-refractivity contribution in [2.24, 2.45) is 13.0 Å². The zero-order chi connectivity index (χ0) is 12.8. The van der Waals surface area contributed by atoms with Gasteiger partial charge in [-0.3, -0.25) is 4.68 Å². The lowest BCUT2D eigenvalue weighted by Gasteiger charge is -2.17. The first-order valence-corrected chi connectivity index (χ1v) is 6.91. The fourth-order valence-corrected chi connectivity index (χ4v) is 2.16. The number of nitrogens with one attached hydrogen (secondary N) is 1. The predicted molar refractivity (Wildman–Crippen MR) is 73.4 cm³/mol. The average molecular weight is 258 g/mol. The van der Waals surface area contributed by atoms with Gasteiger partial charge in [-0.15, -0.1) is 11.6 Å². The Hall–Kier alpha value is -0.540. The van der Waals surface area contributed by atoms with Crippen LogP contribution in [0.2, 0.25) is 0 Å². The van der Waals surface area contributed by atoms with Gasteiger partial charge in [0.25, 0.3) is 0 Å². The third-order valence-corrected chi connectivity index (χ3v) is 3.28. The lowest BCUT2D eigenvalue weighted by atomic mass is 10.1. The SMILES string of the molecule is CCc1cc(CNC(CCl)CC(C)C)n(C)n1. The van der Waals surface area contributed by atoms with Crippen LogP contribution in [-0.2, 0) is 20.0 Å². The third kappa shape index (κ3) is 4.68. The molecule has 0 saturated heterocycles. The van der Waals surface area contributed by atoms with E-state index in [-0.39, 0.29) is 0 Å². The smallest absolute Gasteiger partial charge is 0.0625 e. The largest absolute Gasteiger partial charge is 0.307 e. The molecule has 4 heteroatoms. The fraction of sp³-hybridized carbons (Fsp3) is 0.769. The molecular formula is C13H24ClN3. The molecule has 0 bridgehead atoms. The first-order valence-electron chi connectivity index (χ1n) is 6.37. The van der Waals surface area contributed by atoms with Gasteiger partial charge in [0, 0.05) is 25.5 Å². The van der Waals surface area contributed by atoms with Crippen LogP contribution in [0.5, 0.6) is 0 Å². The van der Waals surface area contributed by atoms with E-state index in [1.54, 1.807) is 0 Å². The van der Waals surface area contributed by atoms with E-state index in [2.05, 4.69) is 37.3 Å². The standard InChI is InChI=1S/C13H24ClN3/c1-5-11-7-13(17(4)16-11)9-15-12(8-14)6-10(2)3/h7,10,12,15H,5-6,8-9H2,1-4H3. The molecule has 0 radical (unpaired) electrons. The highest BCUT2D eigenvalue weighted by Crippen LogP contribution is 2.08. The summed E-state index contributed by atoms with van der Waals surface area (Å²) in [5, 5.41) is 7.94. The summed E-state index contributed by atoms with van der Waals surface area (Å²) in [6.45, 7) is 7.41. The molecule has 17 heavy (non-hydrogen) atoms. The van der Waals surface area contributed by atoms with Gasteiger partial charge in [-0.2, -0.15) is 5.10 Å². The van der Waals surface area contributed by atoms with E-state index in [0.29, 0.717) is 17.8 Å². The maximum absolute atomic E-state index is 5.97. The van der Waals surface area contributed by atoms with Crippen molar-refractivity contribution < 1.29 is 0 Å². The van der Waals surface area contributed by atoms with E-state index in [9.17, 15) is 0 Å². The minimum atomic E-state index is 0.386. The Balaban J connectivity index is 2.50. The minimum Gasteiger partial charge on any atom is -0.307 e. The minimum absolute atomic E-state index is 0.386. The number of hydrogen-bond acceptors (Lipinski definition) is 2. The highest BCUT2D eigenvalue weighted by molar-refractivity contribution is 6.18. The second-order valence-electron chi connectivity index (χ2n) is 4.97. The highest BCUT2D eigenvalue weighted by Gasteiger charge is 2.10. The molecule has 0 aromatic carbocycles. The fourth-order valence-electron chi connectivity index (χ4n) is 1.93. The topological polar surface area (TPSA) is 29.9 Å². The molecule has 0 saturated carbocycles. The van der Waals surface area contributed by atoms with Crippen molar-refractivity contribution in [1.82, 2.24) is 15.1 Å². The maximum atomic E-state index is 5.97. The Labute approximate surface area is 110 Å². The van der Waals surface area contributed by atoms with Gasteiger partial charge >= 0.3 is 0 Å². The van der Waals surface area contributed by atoms with Crippen LogP contribution in [0.4, 0.5) is 0 Å². The summed E-state index contributed by atoms with van der Waals surface area (Å²) in [6.07, 6.45) is 2.10. The van der Waals surface area contributed by atoms with E-state index in [1.165, 1.54) is 5.69 Å². The number of aromatic nitrogens is 2. The monoisotopic (exact) mass is 257 g/mol. The van der Waals surface area contributed by atoms with E-state index in [0.717, 1.165) is 25.1 Å². The van der Waals surface area contributed by atoms with Crippen molar-refractivity contribution in [3.8, 4) is 0 Å². The van der Waals surface area contributed by atoms with Crippen LogP contribution >= 0.6 is 11.6 Å². The molecule has 0 aliphatic heterocycles. The summed E-state index contributed by atoms with van der Waals surface area (Å²) >= 11 is 5.97. The zero-order valence-corrected chi connectivity index (χ0v) is 12.1. The van der Waals surface area contributed by atoms with Gasteiger partial charge in [-0.05, 0) is 24.8 Å². The summed E-state index contributed by atoms with van der Waals surface area (Å²) in [6, 6.07) is 2.55. The molecule has 1 atom stereocenters. The van der Waals surface area contributed by atoms with E-state index < -0.39 is 0 Å². The molecule has 1 rings (SSSR count). The normalized spacial score (nSPS) is 13.3. The molecule has 0 amide bonds. The highest BCUT2D eigenvalue weighted by atomic mass is 35.5. The lowest BCUT2D eigenvalue weighted by Crippen LogP contribution is -2.32. The average Bonchev–Trinajstić information content (AvgIpc) is 2.65. The molecule has 0 aliphatic rings. The summed E-state index contributed by atoms with van der Waals surface area (Å²) in [5.74, 6) is 1.33. The van der Waals surface area contributed by atoms with E-state index >= 15 is 0 Å². The van der Waals surface area contributed by atoms with E-state index in [1.807, 2.05) is 11.7 Å². The Morgan fingerprint density at radius 2 is 2.18 bits per heavy atom. The van der Waals surface area contributed by atoms with Gasteiger partial charge in [0.2, 0.25) is 0 Å². The summed E-state index contributed by atoms with van der Waals surface area (Å²) in [5.41, 5.74) is 2.37. The first kappa shape index (κ1) is 14.5. The Bertz CT molecular complexity index is 333. The van der Waals surface area contributed by atoms with Gasteiger partial charge in [0.15, 0.2) is 0 Å². The Kier molecular flexibility index (Phi) is 6.00. The maximum Gasteiger partial charge on any atom is 0.0625 e. The number of halogens is 1. The van der Waals surface area contributed by atoms with Gasteiger partial charge in [0.1, 0.15) is 0 Å². The molecule has 0 spiro atoms. The number of alkyl halides is 1. The number of nitrogens with zero attached hydrogens (tertiary/aromatic N) is 2. The van der Waals surface area contributed by atoms with Crippen molar-refractivity contribution in [2.45, 2.75) is 46.2 Å². The van der Waals surface area contributed by atoms with Crippen LogP contribution in [0.3, 0.4) is 0 Å². The molecule has 98 valence electrons. The third-order valence-electron chi connectivity index (χ3n) is 2.90. The van der Waals surface area contributed by atoms with Crippen molar-refractivity contribution in [1.29, 1.82) is 0 Å². The molecule has 0 aliphatic carbocycles. The predicted octanol–water partition coefficient (Wildman–Crippen LogP) is 2.73. The van der Waals surface area contributed by atoms with Crippen molar-refractivity contribution >= 4 is 11.6 Å². The van der Waals surface area contributed by atoms with Crippen molar-refractivity contribution in [2.75, 3.05) is 5.88 Å². The zero-order valence-electron chi connectivity index (χ0n) is 11.3. The van der Waals surface area contributed by atoms with Gasteiger partial charge in [-0.1, -0.05) is 20.8 Å². The van der Waals surface area contributed by atoms with E-state index in [4.69, 9.17) is 11.6 Å². The van der Waals surface area contributed by atoms with Crippen LogP contribution in [0, 0.1) is 5.92 Å². The van der Waals surface area contributed by atoms with Gasteiger partial charge in [-0.25, -0.2) is 0 Å². The molecule has 1 heterocycles. The molecule has 1 aromatic heterocycles. The summed E-state index contributed by atoms with van der Waals surface area (Å²) < 4.78 is 1.95. The molecule has 3 nitrogen and oxygen atoms in total. The van der Waals surface area contributed by atoms with Crippen LogP contribution < -0.4 is 5.32 Å². The van der Waals surface area contributed by atoms with Gasteiger partial charge < -0.3 is 5.32 Å². The van der Waals surface area contributed by atoms with Crippen LogP contribution in [0.1, 0.15) is 38.6 Å².